The standard InChI is InChI=1S/C13H16ClN3O2S.ClH/c1-16-11-4-6-17(7-5-11)20(18,19)12-3-2-10(9-15)13(14)8-12;/h2-3,8,11,16H,4-7H2,1H3;1H. The van der Waals surface area contributed by atoms with Crippen LogP contribution in [0.15, 0.2) is 23.1 Å². The number of sulfonamides is 1. The Labute approximate surface area is 136 Å². The van der Waals surface area contributed by atoms with Crippen molar-refractivity contribution in [1.82, 2.24) is 9.62 Å². The lowest BCUT2D eigenvalue weighted by atomic mass is 10.1. The van der Waals surface area contributed by atoms with Crippen LogP contribution >= 0.6 is 24.0 Å². The molecule has 0 saturated carbocycles. The van der Waals surface area contributed by atoms with E-state index < -0.39 is 10.0 Å². The summed E-state index contributed by atoms with van der Waals surface area (Å²) in [6.45, 7) is 0.983. The number of piperidine rings is 1. The van der Waals surface area contributed by atoms with E-state index in [0.29, 0.717) is 19.1 Å². The molecule has 1 N–H and O–H groups in total. The molecule has 5 nitrogen and oxygen atoms in total. The molecule has 1 heterocycles. The smallest absolute Gasteiger partial charge is 0.243 e. The molecule has 0 spiro atoms. The van der Waals surface area contributed by atoms with Crippen LogP contribution in [-0.4, -0.2) is 38.9 Å². The molecule has 0 aromatic heterocycles. The van der Waals surface area contributed by atoms with Crippen LogP contribution < -0.4 is 5.32 Å². The molecule has 1 fully saturated rings. The number of benzene rings is 1. The Hall–Kier alpha value is -0.840. The van der Waals surface area contributed by atoms with E-state index >= 15 is 0 Å². The predicted octanol–water partition coefficient (Wildman–Crippen LogP) is 2.01. The number of nitrogens with one attached hydrogen (secondary N) is 1. The zero-order chi connectivity index (χ0) is 14.8. The second kappa shape index (κ2) is 7.43. The lowest BCUT2D eigenvalue weighted by Crippen LogP contribution is -2.43. The minimum Gasteiger partial charge on any atom is -0.317 e. The maximum absolute atomic E-state index is 12.5. The Bertz CT molecular complexity index is 635. The Morgan fingerprint density at radius 1 is 1.38 bits per heavy atom. The Balaban J connectivity index is 0.00000220. The average molecular weight is 350 g/mol. The van der Waals surface area contributed by atoms with Crippen molar-refractivity contribution in [2.75, 3.05) is 20.1 Å². The van der Waals surface area contributed by atoms with Gasteiger partial charge in [-0.3, -0.25) is 0 Å². The molecule has 0 amide bonds. The quantitative estimate of drug-likeness (QED) is 0.905. The molecule has 0 unspecified atom stereocenters. The summed E-state index contributed by atoms with van der Waals surface area (Å²) in [5.41, 5.74) is 0.277. The van der Waals surface area contributed by atoms with Gasteiger partial charge < -0.3 is 5.32 Å². The van der Waals surface area contributed by atoms with Crippen LogP contribution in [0.4, 0.5) is 0 Å². The summed E-state index contributed by atoms with van der Waals surface area (Å²) < 4.78 is 26.5. The molecule has 1 aliphatic rings. The Morgan fingerprint density at radius 2 is 2.00 bits per heavy atom. The van der Waals surface area contributed by atoms with E-state index in [1.807, 2.05) is 13.1 Å². The van der Waals surface area contributed by atoms with Gasteiger partial charge in [-0.1, -0.05) is 11.6 Å². The van der Waals surface area contributed by atoms with E-state index in [1.54, 1.807) is 0 Å². The normalized spacial score (nSPS) is 17.0. The molecule has 1 aromatic carbocycles. The van der Waals surface area contributed by atoms with Crippen molar-refractivity contribution < 1.29 is 8.42 Å². The van der Waals surface area contributed by atoms with E-state index in [4.69, 9.17) is 16.9 Å². The lowest BCUT2D eigenvalue weighted by Gasteiger charge is -2.31. The van der Waals surface area contributed by atoms with Crippen LogP contribution in [0.1, 0.15) is 18.4 Å². The van der Waals surface area contributed by atoms with Gasteiger partial charge in [0.2, 0.25) is 10.0 Å². The monoisotopic (exact) mass is 349 g/mol. The molecule has 1 aliphatic heterocycles. The number of nitrogens with zero attached hydrogens (tertiary/aromatic N) is 2. The average Bonchev–Trinajstić information content (AvgIpc) is 2.47. The van der Waals surface area contributed by atoms with Crippen molar-refractivity contribution in [3.63, 3.8) is 0 Å². The topological polar surface area (TPSA) is 73.2 Å². The van der Waals surface area contributed by atoms with Gasteiger partial charge in [-0.05, 0) is 38.1 Å². The highest BCUT2D eigenvalue weighted by molar-refractivity contribution is 7.89. The summed E-state index contributed by atoms with van der Waals surface area (Å²) >= 11 is 5.90. The summed E-state index contributed by atoms with van der Waals surface area (Å²) in [5, 5.41) is 12.1. The molecule has 0 bridgehead atoms. The summed E-state index contributed by atoms with van der Waals surface area (Å²) in [5.74, 6) is 0. The van der Waals surface area contributed by atoms with Gasteiger partial charge in [0.15, 0.2) is 0 Å². The maximum Gasteiger partial charge on any atom is 0.243 e. The Kier molecular flexibility index (Phi) is 6.44. The SMILES string of the molecule is CNC1CCN(S(=O)(=O)c2ccc(C#N)c(Cl)c2)CC1.Cl. The van der Waals surface area contributed by atoms with Gasteiger partial charge in [-0.15, -0.1) is 12.4 Å². The van der Waals surface area contributed by atoms with Crippen LogP contribution in [0.3, 0.4) is 0 Å². The van der Waals surface area contributed by atoms with E-state index in [9.17, 15) is 8.42 Å². The highest BCUT2D eigenvalue weighted by Gasteiger charge is 2.29. The fraction of sp³-hybridized carbons (Fsp3) is 0.462. The summed E-state index contributed by atoms with van der Waals surface area (Å²) in [6.07, 6.45) is 1.58. The van der Waals surface area contributed by atoms with Crippen LogP contribution in [0.25, 0.3) is 0 Å². The van der Waals surface area contributed by atoms with E-state index in [-0.39, 0.29) is 27.9 Å². The van der Waals surface area contributed by atoms with E-state index in [0.717, 1.165) is 12.8 Å². The number of halogens is 2. The van der Waals surface area contributed by atoms with E-state index in [1.165, 1.54) is 22.5 Å². The van der Waals surface area contributed by atoms with Crippen molar-refractivity contribution in [3.05, 3.63) is 28.8 Å². The van der Waals surface area contributed by atoms with Gasteiger partial charge in [0.05, 0.1) is 15.5 Å². The zero-order valence-corrected chi connectivity index (χ0v) is 13.9. The molecule has 116 valence electrons. The fourth-order valence-electron chi connectivity index (χ4n) is 2.28. The first kappa shape index (κ1) is 18.2. The zero-order valence-electron chi connectivity index (χ0n) is 11.5. The first-order valence-electron chi connectivity index (χ1n) is 6.36. The van der Waals surface area contributed by atoms with E-state index in [2.05, 4.69) is 5.32 Å². The Morgan fingerprint density at radius 3 is 2.48 bits per heavy atom. The highest BCUT2D eigenvalue weighted by atomic mass is 35.5. The molecule has 1 saturated heterocycles. The molecule has 1 aromatic rings. The van der Waals surface area contributed by atoms with Crippen molar-refractivity contribution >= 4 is 34.0 Å². The molecule has 0 radical (unpaired) electrons. The largest absolute Gasteiger partial charge is 0.317 e. The molecule has 8 heteroatoms. The summed E-state index contributed by atoms with van der Waals surface area (Å²) in [7, 11) is -1.65. The fourth-order valence-corrected chi connectivity index (χ4v) is 4.06. The molecule has 2 rings (SSSR count). The predicted molar refractivity (Wildman–Crippen MR) is 84.3 cm³/mol. The minimum absolute atomic E-state index is 0. The van der Waals surface area contributed by atoms with Gasteiger partial charge in [0, 0.05) is 19.1 Å². The molecular formula is C13H17Cl2N3O2S. The van der Waals surface area contributed by atoms with Gasteiger partial charge in [0.25, 0.3) is 0 Å². The molecular weight excluding hydrogens is 333 g/mol. The minimum atomic E-state index is -3.53. The van der Waals surface area contributed by atoms with Gasteiger partial charge in [-0.25, -0.2) is 8.42 Å². The lowest BCUT2D eigenvalue weighted by molar-refractivity contribution is 0.298. The first-order chi connectivity index (χ1) is 9.48. The maximum atomic E-state index is 12.5. The molecule has 0 atom stereocenters. The number of hydrogen-bond donors (Lipinski definition) is 1. The van der Waals surface area contributed by atoms with Gasteiger partial charge in [-0.2, -0.15) is 9.57 Å². The molecule has 0 aliphatic carbocycles. The third-order valence-electron chi connectivity index (χ3n) is 3.56. The van der Waals surface area contributed by atoms with Crippen LogP contribution in [-0.2, 0) is 10.0 Å². The highest BCUT2D eigenvalue weighted by Crippen LogP contribution is 2.25. The summed E-state index contributed by atoms with van der Waals surface area (Å²) in [4.78, 5) is 0.143. The second-order valence-corrected chi connectivity index (χ2v) is 7.07. The van der Waals surface area contributed by atoms with Crippen LogP contribution in [0.2, 0.25) is 5.02 Å². The van der Waals surface area contributed by atoms with Crippen LogP contribution in [0, 0.1) is 11.3 Å². The van der Waals surface area contributed by atoms with Crippen molar-refractivity contribution in [2.45, 2.75) is 23.8 Å². The third kappa shape index (κ3) is 3.87. The van der Waals surface area contributed by atoms with Crippen molar-refractivity contribution in [2.24, 2.45) is 0 Å². The second-order valence-electron chi connectivity index (χ2n) is 4.72. The first-order valence-corrected chi connectivity index (χ1v) is 8.18. The number of hydrogen-bond acceptors (Lipinski definition) is 4. The van der Waals surface area contributed by atoms with Gasteiger partial charge in [0.1, 0.15) is 6.07 Å². The van der Waals surface area contributed by atoms with Crippen molar-refractivity contribution in [1.29, 1.82) is 5.26 Å². The van der Waals surface area contributed by atoms with Crippen molar-refractivity contribution in [3.8, 4) is 6.07 Å². The van der Waals surface area contributed by atoms with Crippen LogP contribution in [0.5, 0.6) is 0 Å². The summed E-state index contributed by atoms with van der Waals surface area (Å²) in [6, 6.07) is 6.51. The van der Waals surface area contributed by atoms with Gasteiger partial charge >= 0.3 is 0 Å². The third-order valence-corrected chi connectivity index (χ3v) is 5.77. The molecule has 21 heavy (non-hydrogen) atoms. The number of rotatable bonds is 3. The number of nitriles is 1.